The first-order valence-corrected chi connectivity index (χ1v) is 7.66. The second kappa shape index (κ2) is 6.33. The van der Waals surface area contributed by atoms with Crippen molar-refractivity contribution in [3.05, 3.63) is 54.1 Å². The fraction of sp³-hybridized carbons (Fsp3) is 0.0625. The van der Waals surface area contributed by atoms with Gasteiger partial charge in [-0.3, -0.25) is 4.79 Å². The number of aromatic nitrogens is 2. The molecule has 1 heterocycles. The van der Waals surface area contributed by atoms with Crippen molar-refractivity contribution in [2.24, 2.45) is 0 Å². The maximum absolute atomic E-state index is 11.9. The minimum Gasteiger partial charge on any atom is -0.325 e. The number of carbonyl (C=O) groups is 1. The standard InChI is InChI=1S/C16H12N4OS/c17-9-11-5-7-12(8-6-11)18-15(21)10-22-16-19-13-3-1-2-4-14(13)20-16/h1-8H,10H2,(H,18,21)(H,19,20)/p+1. The van der Waals surface area contributed by atoms with Crippen molar-refractivity contribution in [2.45, 2.75) is 5.16 Å². The van der Waals surface area contributed by atoms with Gasteiger partial charge in [-0.2, -0.15) is 5.26 Å². The van der Waals surface area contributed by atoms with E-state index in [-0.39, 0.29) is 5.91 Å². The van der Waals surface area contributed by atoms with E-state index in [9.17, 15) is 4.79 Å². The molecule has 3 N–H and O–H groups in total. The van der Waals surface area contributed by atoms with Gasteiger partial charge in [0.1, 0.15) is 0 Å². The van der Waals surface area contributed by atoms with Crippen LogP contribution in [-0.2, 0) is 4.79 Å². The summed E-state index contributed by atoms with van der Waals surface area (Å²) in [5, 5.41) is 12.4. The summed E-state index contributed by atoms with van der Waals surface area (Å²) in [4.78, 5) is 18.4. The number of carbonyl (C=O) groups excluding carboxylic acids is 1. The molecule has 3 rings (SSSR count). The fourth-order valence-electron chi connectivity index (χ4n) is 2.01. The number of imidazole rings is 1. The van der Waals surface area contributed by atoms with Gasteiger partial charge in [0.15, 0.2) is 11.0 Å². The smallest absolute Gasteiger partial charge is 0.315 e. The molecule has 3 aromatic rings. The topological polar surface area (TPSA) is 82.8 Å². The Balaban J connectivity index is 1.58. The Hall–Kier alpha value is -2.78. The number of nitriles is 1. The molecule has 0 aliphatic rings. The fourth-order valence-corrected chi connectivity index (χ4v) is 2.72. The minimum atomic E-state index is -0.0956. The quantitative estimate of drug-likeness (QED) is 0.727. The van der Waals surface area contributed by atoms with Gasteiger partial charge in [-0.05, 0) is 48.2 Å². The number of anilines is 1. The molecule has 0 bridgehead atoms. The third-order valence-electron chi connectivity index (χ3n) is 3.07. The number of amides is 1. The molecule has 108 valence electrons. The van der Waals surface area contributed by atoms with Crippen LogP contribution in [0.3, 0.4) is 0 Å². The summed E-state index contributed by atoms with van der Waals surface area (Å²) in [5.74, 6) is 0.199. The van der Waals surface area contributed by atoms with E-state index >= 15 is 0 Å². The minimum absolute atomic E-state index is 0.0956. The summed E-state index contributed by atoms with van der Waals surface area (Å²) in [5.41, 5.74) is 3.28. The lowest BCUT2D eigenvalue weighted by Gasteiger charge is -2.03. The summed E-state index contributed by atoms with van der Waals surface area (Å²) in [6.45, 7) is 0. The number of nitrogens with one attached hydrogen (secondary N) is 3. The van der Waals surface area contributed by atoms with Crippen molar-refractivity contribution in [2.75, 3.05) is 11.1 Å². The van der Waals surface area contributed by atoms with Crippen LogP contribution in [0.15, 0.2) is 53.7 Å². The van der Waals surface area contributed by atoms with Crippen molar-refractivity contribution >= 4 is 34.4 Å². The number of para-hydroxylation sites is 2. The molecule has 22 heavy (non-hydrogen) atoms. The maximum atomic E-state index is 11.9. The van der Waals surface area contributed by atoms with E-state index < -0.39 is 0 Å². The third-order valence-corrected chi connectivity index (χ3v) is 3.97. The van der Waals surface area contributed by atoms with Crippen LogP contribution >= 0.6 is 11.8 Å². The summed E-state index contributed by atoms with van der Waals surface area (Å²) in [6, 6.07) is 16.7. The summed E-state index contributed by atoms with van der Waals surface area (Å²) < 4.78 is 0. The van der Waals surface area contributed by atoms with E-state index in [1.54, 1.807) is 24.3 Å². The van der Waals surface area contributed by atoms with Gasteiger partial charge in [0.05, 0.1) is 17.4 Å². The molecule has 0 saturated carbocycles. The zero-order valence-electron chi connectivity index (χ0n) is 11.6. The average molecular weight is 309 g/mol. The van der Waals surface area contributed by atoms with Crippen LogP contribution in [-0.4, -0.2) is 16.6 Å². The normalized spacial score (nSPS) is 10.3. The van der Waals surface area contributed by atoms with Crippen LogP contribution in [0, 0.1) is 11.3 Å². The largest absolute Gasteiger partial charge is 0.325 e. The molecule has 0 spiro atoms. The van der Waals surface area contributed by atoms with Crippen LogP contribution < -0.4 is 10.3 Å². The van der Waals surface area contributed by atoms with Gasteiger partial charge < -0.3 is 5.32 Å². The molecule has 0 aliphatic carbocycles. The van der Waals surface area contributed by atoms with Crippen LogP contribution in [0.4, 0.5) is 5.69 Å². The highest BCUT2D eigenvalue weighted by Gasteiger charge is 2.12. The molecule has 6 heteroatoms. The molecule has 0 atom stereocenters. The van der Waals surface area contributed by atoms with Gasteiger partial charge in [-0.15, -0.1) is 0 Å². The Kier molecular flexibility index (Phi) is 4.08. The predicted molar refractivity (Wildman–Crippen MR) is 85.4 cm³/mol. The Morgan fingerprint density at radius 1 is 1.23 bits per heavy atom. The zero-order valence-corrected chi connectivity index (χ0v) is 12.4. The number of fused-ring (bicyclic) bond motifs is 1. The van der Waals surface area contributed by atoms with Crippen LogP contribution in [0.1, 0.15) is 5.56 Å². The second-order valence-electron chi connectivity index (χ2n) is 4.65. The van der Waals surface area contributed by atoms with E-state index in [0.717, 1.165) is 16.2 Å². The highest BCUT2D eigenvalue weighted by atomic mass is 32.2. The van der Waals surface area contributed by atoms with Crippen molar-refractivity contribution in [3.63, 3.8) is 0 Å². The zero-order chi connectivity index (χ0) is 15.4. The van der Waals surface area contributed by atoms with Crippen LogP contribution in [0.5, 0.6) is 0 Å². The number of hydrogen-bond acceptors (Lipinski definition) is 3. The molecule has 0 fully saturated rings. The Labute approximate surface area is 131 Å². The lowest BCUT2D eigenvalue weighted by atomic mass is 10.2. The number of rotatable bonds is 4. The van der Waals surface area contributed by atoms with Crippen molar-refractivity contribution in [1.82, 2.24) is 4.98 Å². The van der Waals surface area contributed by atoms with Crippen molar-refractivity contribution in [1.29, 1.82) is 5.26 Å². The second-order valence-corrected chi connectivity index (χ2v) is 5.64. The molecule has 1 aromatic heterocycles. The number of H-pyrrole nitrogens is 2. The Morgan fingerprint density at radius 2 is 2.00 bits per heavy atom. The van der Waals surface area contributed by atoms with E-state index in [4.69, 9.17) is 5.26 Å². The number of hydrogen-bond donors (Lipinski definition) is 2. The summed E-state index contributed by atoms with van der Waals surface area (Å²) in [7, 11) is 0. The predicted octanol–water partition coefficient (Wildman–Crippen LogP) is 2.58. The highest BCUT2D eigenvalue weighted by Crippen LogP contribution is 2.16. The van der Waals surface area contributed by atoms with E-state index in [0.29, 0.717) is 17.0 Å². The molecule has 2 aromatic carbocycles. The number of benzene rings is 2. The van der Waals surface area contributed by atoms with Crippen molar-refractivity contribution in [3.8, 4) is 6.07 Å². The first kappa shape index (κ1) is 14.2. The van der Waals surface area contributed by atoms with Gasteiger partial charge in [0.2, 0.25) is 5.91 Å². The summed E-state index contributed by atoms with van der Waals surface area (Å²) >= 11 is 1.41. The Morgan fingerprint density at radius 3 is 2.73 bits per heavy atom. The third kappa shape index (κ3) is 3.27. The van der Waals surface area contributed by atoms with Gasteiger partial charge in [-0.1, -0.05) is 12.1 Å². The van der Waals surface area contributed by atoms with Gasteiger partial charge in [0, 0.05) is 5.69 Å². The maximum Gasteiger partial charge on any atom is 0.315 e. The van der Waals surface area contributed by atoms with Crippen molar-refractivity contribution < 1.29 is 9.78 Å². The van der Waals surface area contributed by atoms with Crippen LogP contribution in [0.25, 0.3) is 11.0 Å². The van der Waals surface area contributed by atoms with E-state index in [2.05, 4.69) is 15.3 Å². The lowest BCUT2D eigenvalue weighted by Crippen LogP contribution is -2.15. The SMILES string of the molecule is N#Cc1ccc(NC(=O)CSc2[nH]c3ccccc3[nH+]2)cc1. The number of thioether (sulfide) groups is 1. The van der Waals surface area contributed by atoms with Gasteiger partial charge in [-0.25, -0.2) is 9.97 Å². The molecular weight excluding hydrogens is 296 g/mol. The molecular formula is C16H13N4OS+. The van der Waals surface area contributed by atoms with E-state index in [1.807, 2.05) is 30.3 Å². The summed E-state index contributed by atoms with van der Waals surface area (Å²) in [6.07, 6.45) is 0. The van der Waals surface area contributed by atoms with Gasteiger partial charge in [0.25, 0.3) is 0 Å². The number of aromatic amines is 2. The molecule has 0 radical (unpaired) electrons. The lowest BCUT2D eigenvalue weighted by molar-refractivity contribution is -0.396. The first-order valence-electron chi connectivity index (χ1n) is 6.67. The monoisotopic (exact) mass is 309 g/mol. The number of nitrogens with zero attached hydrogens (tertiary/aromatic N) is 1. The highest BCUT2D eigenvalue weighted by molar-refractivity contribution is 7.99. The molecule has 5 nitrogen and oxygen atoms in total. The molecule has 0 unspecified atom stereocenters. The van der Waals surface area contributed by atoms with E-state index in [1.165, 1.54) is 11.8 Å². The Bertz CT molecular complexity index is 815. The molecule has 0 aliphatic heterocycles. The molecule has 0 saturated heterocycles. The first-order chi connectivity index (χ1) is 10.7. The van der Waals surface area contributed by atoms with Gasteiger partial charge >= 0.3 is 5.16 Å². The average Bonchev–Trinajstić information content (AvgIpc) is 2.96. The van der Waals surface area contributed by atoms with Crippen LogP contribution in [0.2, 0.25) is 0 Å². The molecule has 1 amide bonds.